The van der Waals surface area contributed by atoms with Crippen LogP contribution in [0, 0.1) is 11.8 Å². The average molecular weight is 361 g/mol. The Labute approximate surface area is 159 Å². The van der Waals surface area contributed by atoms with Gasteiger partial charge in [-0.25, -0.2) is 9.79 Å². The highest BCUT2D eigenvalue weighted by Crippen LogP contribution is 2.39. The first kappa shape index (κ1) is 18.7. The molecule has 3 rings (SSSR count). The summed E-state index contributed by atoms with van der Waals surface area (Å²) in [6, 6.07) is 12.6. The molecule has 0 aliphatic carbocycles. The maximum atomic E-state index is 10.9. The summed E-state index contributed by atoms with van der Waals surface area (Å²) in [4.78, 5) is 15.6. The second-order valence-corrected chi connectivity index (χ2v) is 7.60. The van der Waals surface area contributed by atoms with Crippen molar-refractivity contribution < 1.29 is 14.6 Å². The summed E-state index contributed by atoms with van der Waals surface area (Å²) in [6.07, 6.45) is 0.866. The van der Waals surface area contributed by atoms with Crippen molar-refractivity contribution in [1.82, 2.24) is 0 Å². The van der Waals surface area contributed by atoms with E-state index in [1.807, 2.05) is 26.0 Å². The van der Waals surface area contributed by atoms with Crippen LogP contribution in [0.4, 0.5) is 5.69 Å². The van der Waals surface area contributed by atoms with E-state index in [1.54, 1.807) is 24.3 Å². The van der Waals surface area contributed by atoms with Gasteiger partial charge in [0, 0.05) is 23.0 Å². The van der Waals surface area contributed by atoms with Crippen molar-refractivity contribution in [1.29, 1.82) is 0 Å². The predicted octanol–water partition coefficient (Wildman–Crippen LogP) is 4.92. The molecule has 0 atom stereocenters. The Bertz CT molecular complexity index is 957. The largest absolute Gasteiger partial charge is 0.478 e. The molecule has 0 spiro atoms. The average Bonchev–Trinajstić information content (AvgIpc) is 2.59. The number of ether oxygens (including phenoxy) is 1. The summed E-state index contributed by atoms with van der Waals surface area (Å²) in [7, 11) is 0. The number of carboxylic acids is 1. The van der Waals surface area contributed by atoms with Crippen molar-refractivity contribution in [2.24, 2.45) is 4.99 Å². The normalized spacial score (nSPS) is 14.6. The van der Waals surface area contributed by atoms with Gasteiger partial charge >= 0.3 is 5.97 Å². The molecule has 4 nitrogen and oxygen atoms in total. The van der Waals surface area contributed by atoms with Gasteiger partial charge in [-0.2, -0.15) is 0 Å². The molecular weight excluding hydrogens is 338 g/mol. The summed E-state index contributed by atoms with van der Waals surface area (Å²) < 4.78 is 5.83. The number of benzene rings is 2. The topological polar surface area (TPSA) is 58.9 Å². The third-order valence-electron chi connectivity index (χ3n) is 4.42. The van der Waals surface area contributed by atoms with E-state index in [2.05, 4.69) is 36.7 Å². The summed E-state index contributed by atoms with van der Waals surface area (Å²) in [5.74, 6) is 6.10. The van der Waals surface area contributed by atoms with Crippen LogP contribution in [0.5, 0.6) is 0 Å². The molecule has 0 bridgehead atoms. The highest BCUT2D eigenvalue weighted by Gasteiger charge is 2.31. The summed E-state index contributed by atoms with van der Waals surface area (Å²) in [6.45, 7) is 8.39. The molecule has 27 heavy (non-hydrogen) atoms. The fourth-order valence-corrected chi connectivity index (χ4v) is 3.08. The lowest BCUT2D eigenvalue weighted by molar-refractivity contribution is 0.0697. The molecule has 4 heteroatoms. The molecule has 0 amide bonds. The number of aliphatic imine (C=N–C) groups is 1. The van der Waals surface area contributed by atoms with Gasteiger partial charge < -0.3 is 9.84 Å². The Morgan fingerprint density at radius 1 is 1.11 bits per heavy atom. The highest BCUT2D eigenvalue weighted by molar-refractivity contribution is 5.87. The third-order valence-corrected chi connectivity index (χ3v) is 4.42. The van der Waals surface area contributed by atoms with Crippen molar-refractivity contribution in [3.8, 4) is 11.8 Å². The van der Waals surface area contributed by atoms with Crippen LogP contribution in [-0.2, 0) is 10.2 Å². The molecule has 1 aliphatic rings. The Morgan fingerprint density at radius 3 is 2.37 bits per heavy atom. The van der Waals surface area contributed by atoms with E-state index in [-0.39, 0.29) is 17.1 Å². The molecule has 0 radical (unpaired) electrons. The van der Waals surface area contributed by atoms with Crippen LogP contribution >= 0.6 is 0 Å². The number of aromatic carboxylic acids is 1. The van der Waals surface area contributed by atoms with Gasteiger partial charge in [0.05, 0.1) is 17.4 Å². The monoisotopic (exact) mass is 361 g/mol. The van der Waals surface area contributed by atoms with Gasteiger partial charge in [-0.1, -0.05) is 25.7 Å². The van der Waals surface area contributed by atoms with Gasteiger partial charge in [0.2, 0.25) is 0 Å². The molecule has 2 aromatic carbocycles. The summed E-state index contributed by atoms with van der Waals surface area (Å²) >= 11 is 0. The molecule has 1 aliphatic heterocycles. The first-order valence-corrected chi connectivity index (χ1v) is 8.99. The fourth-order valence-electron chi connectivity index (χ4n) is 3.08. The van der Waals surface area contributed by atoms with Gasteiger partial charge in [-0.05, 0) is 61.9 Å². The Morgan fingerprint density at radius 2 is 1.74 bits per heavy atom. The van der Waals surface area contributed by atoms with E-state index in [4.69, 9.17) is 9.84 Å². The molecule has 1 heterocycles. The van der Waals surface area contributed by atoms with Gasteiger partial charge in [0.1, 0.15) is 0 Å². The quantitative estimate of drug-likeness (QED) is 0.772. The lowest BCUT2D eigenvalue weighted by Crippen LogP contribution is -2.28. The number of fused-ring (bicyclic) bond motifs is 1. The minimum absolute atomic E-state index is 0.0812. The standard InChI is InChI=1S/C23H23NO3/c1-15(2)27-21-14-23(3,4)19-13-17(9-12-20(19)24-21)6-5-16-7-10-18(11-8-16)22(25)26/h7-13,15H,14H2,1-4H3,(H,25,26). The van der Waals surface area contributed by atoms with Gasteiger partial charge in [0.15, 0.2) is 5.90 Å². The van der Waals surface area contributed by atoms with Crippen LogP contribution in [0.1, 0.15) is 61.2 Å². The number of hydrogen-bond acceptors (Lipinski definition) is 3. The molecule has 0 saturated carbocycles. The van der Waals surface area contributed by atoms with E-state index >= 15 is 0 Å². The third kappa shape index (κ3) is 4.38. The Hall–Kier alpha value is -3.06. The second-order valence-electron chi connectivity index (χ2n) is 7.60. The predicted molar refractivity (Wildman–Crippen MR) is 107 cm³/mol. The van der Waals surface area contributed by atoms with E-state index < -0.39 is 5.97 Å². The molecule has 0 unspecified atom stereocenters. The zero-order valence-corrected chi connectivity index (χ0v) is 16.0. The minimum Gasteiger partial charge on any atom is -0.478 e. The molecule has 1 N–H and O–H groups in total. The van der Waals surface area contributed by atoms with Crippen LogP contribution in [0.15, 0.2) is 47.5 Å². The summed E-state index contributed by atoms with van der Waals surface area (Å²) in [5, 5.41) is 8.96. The van der Waals surface area contributed by atoms with Crippen LogP contribution in [-0.4, -0.2) is 23.1 Å². The van der Waals surface area contributed by atoms with Crippen molar-refractivity contribution in [2.45, 2.75) is 45.6 Å². The maximum Gasteiger partial charge on any atom is 0.335 e. The number of carboxylic acid groups (broad SMARTS) is 1. The van der Waals surface area contributed by atoms with Gasteiger partial charge in [0.25, 0.3) is 0 Å². The van der Waals surface area contributed by atoms with Crippen molar-refractivity contribution >= 4 is 17.6 Å². The smallest absolute Gasteiger partial charge is 0.335 e. The minimum atomic E-state index is -0.937. The van der Waals surface area contributed by atoms with E-state index in [0.29, 0.717) is 0 Å². The van der Waals surface area contributed by atoms with E-state index in [1.165, 1.54) is 0 Å². The number of rotatable bonds is 2. The van der Waals surface area contributed by atoms with E-state index in [0.717, 1.165) is 34.7 Å². The maximum absolute atomic E-state index is 10.9. The second kappa shape index (κ2) is 7.28. The van der Waals surface area contributed by atoms with Crippen molar-refractivity contribution in [3.05, 3.63) is 64.7 Å². The first-order valence-electron chi connectivity index (χ1n) is 8.99. The number of nitrogens with zero attached hydrogens (tertiary/aromatic N) is 1. The Kier molecular flexibility index (Phi) is 5.05. The lowest BCUT2D eigenvalue weighted by Gasteiger charge is -2.31. The van der Waals surface area contributed by atoms with Crippen molar-refractivity contribution in [2.75, 3.05) is 0 Å². The van der Waals surface area contributed by atoms with Crippen LogP contribution < -0.4 is 0 Å². The van der Waals surface area contributed by atoms with E-state index in [9.17, 15) is 4.79 Å². The van der Waals surface area contributed by atoms with Crippen LogP contribution in [0.3, 0.4) is 0 Å². The molecule has 138 valence electrons. The van der Waals surface area contributed by atoms with Crippen molar-refractivity contribution in [3.63, 3.8) is 0 Å². The number of hydrogen-bond donors (Lipinski definition) is 1. The summed E-state index contributed by atoms with van der Waals surface area (Å²) in [5.41, 5.74) is 3.95. The molecule has 2 aromatic rings. The lowest BCUT2D eigenvalue weighted by atomic mass is 9.78. The first-order chi connectivity index (χ1) is 12.7. The van der Waals surface area contributed by atoms with Crippen LogP contribution in [0.25, 0.3) is 0 Å². The van der Waals surface area contributed by atoms with Gasteiger partial charge in [-0.15, -0.1) is 0 Å². The zero-order valence-electron chi connectivity index (χ0n) is 16.0. The molecule has 0 aromatic heterocycles. The van der Waals surface area contributed by atoms with Crippen LogP contribution in [0.2, 0.25) is 0 Å². The SMILES string of the molecule is CC(C)OC1=Nc2ccc(C#Cc3ccc(C(=O)O)cc3)cc2C(C)(C)C1. The fraction of sp³-hybridized carbons (Fsp3) is 0.304. The van der Waals surface area contributed by atoms with Gasteiger partial charge in [-0.3, -0.25) is 0 Å². The zero-order chi connectivity index (χ0) is 19.6. The molecule has 0 saturated heterocycles. The highest BCUT2D eigenvalue weighted by atomic mass is 16.5. The molecular formula is C23H23NO3. The number of carbonyl (C=O) groups is 1. The Balaban J connectivity index is 1.89. The molecule has 0 fully saturated rings.